The average molecular weight is 243 g/mol. The van der Waals surface area contributed by atoms with Crippen LogP contribution in [0.4, 0.5) is 4.79 Å². The molecule has 17 heavy (non-hydrogen) atoms. The zero-order valence-corrected chi connectivity index (χ0v) is 11.6. The Morgan fingerprint density at radius 1 is 1.41 bits per heavy atom. The van der Waals surface area contributed by atoms with Gasteiger partial charge in [-0.05, 0) is 33.1 Å². The maximum Gasteiger partial charge on any atom is 0.410 e. The molecule has 4 heteroatoms. The van der Waals surface area contributed by atoms with Crippen LogP contribution in [0.1, 0.15) is 41.0 Å². The van der Waals surface area contributed by atoms with Crippen molar-refractivity contribution in [2.24, 2.45) is 11.8 Å². The van der Waals surface area contributed by atoms with Gasteiger partial charge in [-0.1, -0.05) is 13.8 Å². The molecule has 1 aliphatic rings. The van der Waals surface area contributed by atoms with Crippen LogP contribution in [0, 0.1) is 11.8 Å². The van der Waals surface area contributed by atoms with Gasteiger partial charge >= 0.3 is 6.09 Å². The molecule has 0 saturated carbocycles. The second-order valence-electron chi connectivity index (χ2n) is 6.34. The lowest BCUT2D eigenvalue weighted by Crippen LogP contribution is -2.55. The van der Waals surface area contributed by atoms with Crippen molar-refractivity contribution in [1.82, 2.24) is 4.90 Å². The van der Waals surface area contributed by atoms with Gasteiger partial charge in [-0.15, -0.1) is 0 Å². The van der Waals surface area contributed by atoms with Crippen LogP contribution in [0.5, 0.6) is 0 Å². The van der Waals surface area contributed by atoms with Crippen LogP contribution in [-0.4, -0.2) is 40.9 Å². The molecule has 100 valence electrons. The van der Waals surface area contributed by atoms with Crippen LogP contribution >= 0.6 is 0 Å². The Hall–Kier alpha value is -0.770. The molecule has 1 rings (SSSR count). The van der Waals surface area contributed by atoms with Crippen molar-refractivity contribution in [2.75, 3.05) is 13.1 Å². The summed E-state index contributed by atoms with van der Waals surface area (Å²) in [6.07, 6.45) is 0.228. The van der Waals surface area contributed by atoms with Crippen LogP contribution in [-0.2, 0) is 4.74 Å². The maximum atomic E-state index is 11.7. The molecule has 1 fully saturated rings. The van der Waals surface area contributed by atoms with Crippen LogP contribution in [0.25, 0.3) is 0 Å². The first-order valence-electron chi connectivity index (χ1n) is 6.35. The van der Waals surface area contributed by atoms with E-state index in [0.717, 1.165) is 6.42 Å². The van der Waals surface area contributed by atoms with Crippen molar-refractivity contribution in [3.05, 3.63) is 0 Å². The Balaban J connectivity index is 2.29. The predicted octanol–water partition coefficient (Wildman–Crippen LogP) is 2.26. The molecular formula is C13H25NO3. The SMILES string of the molecule is CC(C)CC(O)C1CN(C(=O)OC(C)(C)C)C1. The number of likely N-dealkylation sites (tertiary alicyclic amines) is 1. The normalized spacial score (nSPS) is 19.1. The average Bonchev–Trinajstić information content (AvgIpc) is 1.94. The quantitative estimate of drug-likeness (QED) is 0.827. The third kappa shape index (κ3) is 4.54. The molecule has 0 aromatic rings. The van der Waals surface area contributed by atoms with Gasteiger partial charge in [0.1, 0.15) is 5.60 Å². The highest BCUT2D eigenvalue weighted by Gasteiger charge is 2.37. The molecule has 1 saturated heterocycles. The van der Waals surface area contributed by atoms with Gasteiger partial charge in [-0.25, -0.2) is 4.79 Å². The molecule has 0 bridgehead atoms. The fraction of sp³-hybridized carbons (Fsp3) is 0.923. The third-order valence-corrected chi connectivity index (χ3v) is 2.82. The number of carbonyl (C=O) groups is 1. The Kier molecular flexibility index (Phi) is 4.42. The van der Waals surface area contributed by atoms with Gasteiger partial charge in [-0.3, -0.25) is 0 Å². The lowest BCUT2D eigenvalue weighted by Gasteiger charge is -2.42. The molecule has 0 aromatic heterocycles. The Morgan fingerprint density at radius 2 is 1.94 bits per heavy atom. The molecule has 1 heterocycles. The van der Waals surface area contributed by atoms with Crippen molar-refractivity contribution in [1.29, 1.82) is 0 Å². The van der Waals surface area contributed by atoms with Crippen molar-refractivity contribution < 1.29 is 14.6 Å². The van der Waals surface area contributed by atoms with Gasteiger partial charge < -0.3 is 14.7 Å². The van der Waals surface area contributed by atoms with E-state index in [1.807, 2.05) is 20.8 Å². The van der Waals surface area contributed by atoms with E-state index >= 15 is 0 Å². The highest BCUT2D eigenvalue weighted by atomic mass is 16.6. The summed E-state index contributed by atoms with van der Waals surface area (Å²) in [7, 11) is 0. The van der Waals surface area contributed by atoms with Crippen molar-refractivity contribution in [3.8, 4) is 0 Å². The van der Waals surface area contributed by atoms with E-state index in [2.05, 4.69) is 13.8 Å². The summed E-state index contributed by atoms with van der Waals surface area (Å²) in [4.78, 5) is 13.3. The van der Waals surface area contributed by atoms with E-state index in [0.29, 0.717) is 19.0 Å². The number of amides is 1. The standard InChI is InChI=1S/C13H25NO3/c1-9(2)6-11(15)10-7-14(8-10)12(16)17-13(3,4)5/h9-11,15H,6-8H2,1-5H3. The first-order valence-corrected chi connectivity index (χ1v) is 6.35. The summed E-state index contributed by atoms with van der Waals surface area (Å²) in [5, 5.41) is 9.89. The molecule has 0 aliphatic carbocycles. The highest BCUT2D eigenvalue weighted by molar-refractivity contribution is 5.69. The topological polar surface area (TPSA) is 49.8 Å². The molecule has 1 atom stereocenters. The van der Waals surface area contributed by atoms with E-state index < -0.39 is 5.60 Å². The van der Waals surface area contributed by atoms with E-state index in [9.17, 15) is 9.90 Å². The minimum absolute atomic E-state index is 0.213. The Bertz CT molecular complexity index is 264. The summed E-state index contributed by atoms with van der Waals surface area (Å²) in [6.45, 7) is 11.0. The van der Waals surface area contributed by atoms with E-state index in [-0.39, 0.29) is 18.1 Å². The van der Waals surface area contributed by atoms with Crippen LogP contribution in [0.2, 0.25) is 0 Å². The molecule has 1 N–H and O–H groups in total. The van der Waals surface area contributed by atoms with Crippen molar-refractivity contribution in [2.45, 2.75) is 52.7 Å². The number of rotatable bonds is 3. The largest absolute Gasteiger partial charge is 0.444 e. The molecule has 4 nitrogen and oxygen atoms in total. The van der Waals surface area contributed by atoms with Crippen LogP contribution in [0.15, 0.2) is 0 Å². The number of aliphatic hydroxyl groups is 1. The summed E-state index contributed by atoms with van der Waals surface area (Å²) < 4.78 is 5.26. The predicted molar refractivity (Wildman–Crippen MR) is 66.8 cm³/mol. The highest BCUT2D eigenvalue weighted by Crippen LogP contribution is 2.25. The number of hydrogen-bond acceptors (Lipinski definition) is 3. The van der Waals surface area contributed by atoms with Gasteiger partial charge in [0.05, 0.1) is 6.10 Å². The van der Waals surface area contributed by atoms with Gasteiger partial charge in [0.2, 0.25) is 0 Å². The molecule has 0 aromatic carbocycles. The summed E-state index contributed by atoms with van der Waals surface area (Å²) in [5.41, 5.74) is -0.446. The number of hydrogen-bond donors (Lipinski definition) is 1. The fourth-order valence-electron chi connectivity index (χ4n) is 1.91. The number of carbonyl (C=O) groups excluding carboxylic acids is 1. The third-order valence-electron chi connectivity index (χ3n) is 2.82. The van der Waals surface area contributed by atoms with Crippen LogP contribution in [0.3, 0.4) is 0 Å². The lowest BCUT2D eigenvalue weighted by atomic mass is 9.89. The zero-order valence-electron chi connectivity index (χ0n) is 11.6. The summed E-state index contributed by atoms with van der Waals surface area (Å²) >= 11 is 0. The van der Waals surface area contributed by atoms with Crippen LogP contribution < -0.4 is 0 Å². The van der Waals surface area contributed by atoms with Gasteiger partial charge in [0.25, 0.3) is 0 Å². The molecular weight excluding hydrogens is 218 g/mol. The smallest absolute Gasteiger partial charge is 0.410 e. The Labute approximate surface area is 104 Å². The molecule has 1 unspecified atom stereocenters. The van der Waals surface area contributed by atoms with Crippen molar-refractivity contribution >= 4 is 6.09 Å². The summed E-state index contributed by atoms with van der Waals surface area (Å²) in [5.74, 6) is 0.700. The van der Waals surface area contributed by atoms with E-state index in [1.54, 1.807) is 4.90 Å². The van der Waals surface area contributed by atoms with E-state index in [1.165, 1.54) is 0 Å². The Morgan fingerprint density at radius 3 is 2.35 bits per heavy atom. The van der Waals surface area contributed by atoms with E-state index in [4.69, 9.17) is 4.74 Å². The number of aliphatic hydroxyl groups excluding tert-OH is 1. The molecule has 0 spiro atoms. The monoisotopic (exact) mass is 243 g/mol. The van der Waals surface area contributed by atoms with Crippen molar-refractivity contribution in [3.63, 3.8) is 0 Å². The second-order valence-corrected chi connectivity index (χ2v) is 6.34. The molecule has 1 aliphatic heterocycles. The first-order chi connectivity index (χ1) is 7.69. The maximum absolute atomic E-state index is 11.7. The van der Waals surface area contributed by atoms with Gasteiger partial charge in [0.15, 0.2) is 0 Å². The molecule has 0 radical (unpaired) electrons. The number of nitrogens with zero attached hydrogens (tertiary/aromatic N) is 1. The fourth-order valence-corrected chi connectivity index (χ4v) is 1.91. The van der Waals surface area contributed by atoms with Gasteiger partial charge in [0, 0.05) is 19.0 Å². The van der Waals surface area contributed by atoms with Gasteiger partial charge in [-0.2, -0.15) is 0 Å². The number of ether oxygens (including phenoxy) is 1. The minimum Gasteiger partial charge on any atom is -0.444 e. The first kappa shape index (κ1) is 14.3. The second kappa shape index (κ2) is 5.25. The lowest BCUT2D eigenvalue weighted by molar-refractivity contribution is -0.0349. The summed E-state index contributed by atoms with van der Waals surface area (Å²) in [6, 6.07) is 0. The minimum atomic E-state index is -0.446. The molecule has 1 amide bonds. The zero-order chi connectivity index (χ0) is 13.2.